The number of hydrogen-bond acceptors (Lipinski definition) is 4. The van der Waals surface area contributed by atoms with Crippen LogP contribution in [0, 0.1) is 0 Å². The molecule has 0 saturated heterocycles. The molecule has 5 heteroatoms. The van der Waals surface area contributed by atoms with Crippen LogP contribution in [0.2, 0.25) is 5.02 Å². The first-order valence-electron chi connectivity index (χ1n) is 6.64. The first-order valence-corrected chi connectivity index (χ1v) is 7.90. The largest absolute Gasteiger partial charge is 0.486 e. The van der Waals surface area contributed by atoms with Crippen molar-refractivity contribution in [3.8, 4) is 11.5 Å². The molecule has 0 spiro atoms. The average Bonchev–Trinajstić information content (AvgIpc) is 2.97. The van der Waals surface area contributed by atoms with Crippen molar-refractivity contribution in [1.29, 1.82) is 0 Å². The molecule has 2 heterocycles. The maximum atomic E-state index is 6.21. The van der Waals surface area contributed by atoms with Gasteiger partial charge in [0.2, 0.25) is 0 Å². The maximum Gasteiger partial charge on any atom is 0.179 e. The van der Waals surface area contributed by atoms with E-state index in [1.165, 1.54) is 4.88 Å². The van der Waals surface area contributed by atoms with Gasteiger partial charge in [-0.05, 0) is 35.6 Å². The SMILES string of the molecule is Clc1cc(CNCCc2cccs2)cc2c1OCCO2. The third kappa shape index (κ3) is 3.26. The van der Waals surface area contributed by atoms with Crippen LogP contribution in [0.3, 0.4) is 0 Å². The zero-order valence-corrected chi connectivity index (χ0v) is 12.6. The van der Waals surface area contributed by atoms with Crippen molar-refractivity contribution < 1.29 is 9.47 Å². The molecule has 1 N–H and O–H groups in total. The Hall–Kier alpha value is -1.23. The van der Waals surface area contributed by atoms with Crippen molar-refractivity contribution in [2.75, 3.05) is 19.8 Å². The Morgan fingerprint density at radius 1 is 1.25 bits per heavy atom. The van der Waals surface area contributed by atoms with Crippen molar-refractivity contribution in [2.45, 2.75) is 13.0 Å². The van der Waals surface area contributed by atoms with Gasteiger partial charge in [0.1, 0.15) is 13.2 Å². The summed E-state index contributed by atoms with van der Waals surface area (Å²) < 4.78 is 11.1. The second-order valence-corrected chi connectivity index (χ2v) is 6.05. The van der Waals surface area contributed by atoms with Gasteiger partial charge in [-0.2, -0.15) is 0 Å². The topological polar surface area (TPSA) is 30.5 Å². The second kappa shape index (κ2) is 6.48. The highest BCUT2D eigenvalue weighted by atomic mass is 35.5. The fourth-order valence-electron chi connectivity index (χ4n) is 2.17. The van der Waals surface area contributed by atoms with Gasteiger partial charge in [0, 0.05) is 18.0 Å². The quantitative estimate of drug-likeness (QED) is 0.857. The third-order valence-corrected chi connectivity index (χ3v) is 4.33. The van der Waals surface area contributed by atoms with Crippen LogP contribution in [-0.2, 0) is 13.0 Å². The van der Waals surface area contributed by atoms with Gasteiger partial charge in [0.15, 0.2) is 11.5 Å². The minimum absolute atomic E-state index is 0.561. The first kappa shape index (κ1) is 13.7. The lowest BCUT2D eigenvalue weighted by atomic mass is 10.2. The molecular weight excluding hydrogens is 294 g/mol. The fraction of sp³-hybridized carbons (Fsp3) is 0.333. The van der Waals surface area contributed by atoms with Crippen molar-refractivity contribution in [2.24, 2.45) is 0 Å². The molecule has 0 amide bonds. The lowest BCUT2D eigenvalue weighted by molar-refractivity contribution is 0.171. The van der Waals surface area contributed by atoms with E-state index in [0.29, 0.717) is 24.0 Å². The molecule has 0 aliphatic carbocycles. The van der Waals surface area contributed by atoms with Crippen molar-refractivity contribution in [3.05, 3.63) is 45.1 Å². The van der Waals surface area contributed by atoms with Crippen molar-refractivity contribution in [1.82, 2.24) is 5.32 Å². The number of halogens is 1. The predicted molar refractivity (Wildman–Crippen MR) is 82.2 cm³/mol. The van der Waals surface area contributed by atoms with Gasteiger partial charge in [-0.25, -0.2) is 0 Å². The van der Waals surface area contributed by atoms with Gasteiger partial charge < -0.3 is 14.8 Å². The summed E-state index contributed by atoms with van der Waals surface area (Å²) in [6, 6.07) is 8.18. The number of benzene rings is 1. The lowest BCUT2D eigenvalue weighted by Crippen LogP contribution is -2.18. The van der Waals surface area contributed by atoms with Gasteiger partial charge in [0.05, 0.1) is 5.02 Å². The van der Waals surface area contributed by atoms with Gasteiger partial charge in [0.25, 0.3) is 0 Å². The van der Waals surface area contributed by atoms with E-state index in [2.05, 4.69) is 22.8 Å². The molecule has 3 rings (SSSR count). The summed E-state index contributed by atoms with van der Waals surface area (Å²) in [5, 5.41) is 6.16. The zero-order chi connectivity index (χ0) is 13.8. The standard InChI is InChI=1S/C15H16ClNO2S/c16-13-8-11(9-14-15(13)19-6-5-18-14)10-17-4-3-12-2-1-7-20-12/h1-2,7-9,17H,3-6,10H2. The predicted octanol–water partition coefficient (Wildman–Crippen LogP) is 3.51. The highest BCUT2D eigenvalue weighted by Crippen LogP contribution is 2.38. The Kier molecular flexibility index (Phi) is 4.45. The summed E-state index contributed by atoms with van der Waals surface area (Å²) in [6.07, 6.45) is 1.05. The Morgan fingerprint density at radius 2 is 2.15 bits per heavy atom. The molecule has 0 fully saturated rings. The molecular formula is C15H16ClNO2S. The van der Waals surface area contributed by atoms with Gasteiger partial charge >= 0.3 is 0 Å². The Morgan fingerprint density at radius 3 is 3.00 bits per heavy atom. The summed E-state index contributed by atoms with van der Waals surface area (Å²) in [6.45, 7) is 2.87. The zero-order valence-electron chi connectivity index (χ0n) is 11.0. The number of nitrogens with one attached hydrogen (secondary N) is 1. The number of fused-ring (bicyclic) bond motifs is 1. The molecule has 1 aromatic heterocycles. The smallest absolute Gasteiger partial charge is 0.179 e. The number of rotatable bonds is 5. The Labute approximate surface area is 127 Å². The normalized spacial score (nSPS) is 13.4. The molecule has 1 aliphatic heterocycles. The second-order valence-electron chi connectivity index (χ2n) is 4.61. The number of ether oxygens (including phenoxy) is 2. The van der Waals surface area contributed by atoms with E-state index in [9.17, 15) is 0 Å². The molecule has 3 nitrogen and oxygen atoms in total. The molecule has 0 bridgehead atoms. The molecule has 0 radical (unpaired) electrons. The summed E-state index contributed by atoms with van der Waals surface area (Å²) >= 11 is 8.00. The first-order chi connectivity index (χ1) is 9.83. The molecule has 0 atom stereocenters. The summed E-state index contributed by atoms with van der Waals surface area (Å²) in [5.41, 5.74) is 1.12. The highest BCUT2D eigenvalue weighted by molar-refractivity contribution is 7.09. The van der Waals surface area contributed by atoms with Crippen molar-refractivity contribution >= 4 is 22.9 Å². The van der Waals surface area contributed by atoms with E-state index in [1.54, 1.807) is 11.3 Å². The lowest BCUT2D eigenvalue weighted by Gasteiger charge is -2.20. The van der Waals surface area contributed by atoms with Crippen molar-refractivity contribution in [3.63, 3.8) is 0 Å². The molecule has 2 aromatic rings. The Bertz CT molecular complexity index is 572. The van der Waals surface area contributed by atoms with Gasteiger partial charge in [-0.1, -0.05) is 17.7 Å². The van der Waals surface area contributed by atoms with E-state index in [0.717, 1.165) is 30.8 Å². The molecule has 0 saturated carbocycles. The van der Waals surface area contributed by atoms with Crippen LogP contribution in [0.4, 0.5) is 0 Å². The molecule has 0 unspecified atom stereocenters. The highest BCUT2D eigenvalue weighted by Gasteiger charge is 2.16. The minimum atomic E-state index is 0.561. The maximum absolute atomic E-state index is 6.21. The van der Waals surface area contributed by atoms with E-state index in [1.807, 2.05) is 12.1 Å². The monoisotopic (exact) mass is 309 g/mol. The number of hydrogen-bond donors (Lipinski definition) is 1. The van der Waals surface area contributed by atoms with Crippen LogP contribution in [0.25, 0.3) is 0 Å². The van der Waals surface area contributed by atoms with Gasteiger partial charge in [-0.15, -0.1) is 11.3 Å². The molecule has 106 valence electrons. The van der Waals surface area contributed by atoms with Crippen LogP contribution in [-0.4, -0.2) is 19.8 Å². The van der Waals surface area contributed by atoms with E-state index in [-0.39, 0.29) is 0 Å². The molecule has 1 aliphatic rings. The molecule has 20 heavy (non-hydrogen) atoms. The summed E-state index contributed by atoms with van der Waals surface area (Å²) in [5.74, 6) is 1.42. The van der Waals surface area contributed by atoms with E-state index < -0.39 is 0 Å². The summed E-state index contributed by atoms with van der Waals surface area (Å²) in [4.78, 5) is 1.40. The Balaban J connectivity index is 1.56. The fourth-order valence-corrected chi connectivity index (χ4v) is 3.16. The van der Waals surface area contributed by atoms with E-state index >= 15 is 0 Å². The van der Waals surface area contributed by atoms with E-state index in [4.69, 9.17) is 21.1 Å². The average molecular weight is 310 g/mol. The van der Waals surface area contributed by atoms with Crippen LogP contribution >= 0.6 is 22.9 Å². The molecule has 1 aromatic carbocycles. The van der Waals surface area contributed by atoms with Crippen LogP contribution < -0.4 is 14.8 Å². The number of thiophene rings is 1. The van der Waals surface area contributed by atoms with Crippen LogP contribution in [0.5, 0.6) is 11.5 Å². The van der Waals surface area contributed by atoms with Crippen LogP contribution in [0.15, 0.2) is 29.6 Å². The van der Waals surface area contributed by atoms with Crippen LogP contribution in [0.1, 0.15) is 10.4 Å². The minimum Gasteiger partial charge on any atom is -0.486 e. The van der Waals surface area contributed by atoms with Gasteiger partial charge in [-0.3, -0.25) is 0 Å². The summed E-state index contributed by atoms with van der Waals surface area (Å²) in [7, 11) is 0. The third-order valence-electron chi connectivity index (χ3n) is 3.11.